The molecule has 1 aromatic carbocycles. The first kappa shape index (κ1) is 17.2. The van der Waals surface area contributed by atoms with Crippen LogP contribution in [0.25, 0.3) is 0 Å². The molecule has 0 bridgehead atoms. The number of carbonyl (C=O) groups excluding carboxylic acids is 1. The molecule has 0 spiro atoms. The van der Waals surface area contributed by atoms with E-state index in [-0.39, 0.29) is 5.91 Å². The smallest absolute Gasteiger partial charge is 0.274 e. The normalized spacial score (nSPS) is 14.3. The lowest BCUT2D eigenvalue weighted by Crippen LogP contribution is -2.20. The predicted octanol–water partition coefficient (Wildman–Crippen LogP) is 3.79. The zero-order valence-corrected chi connectivity index (χ0v) is 14.7. The summed E-state index contributed by atoms with van der Waals surface area (Å²) in [5.41, 5.74) is 1.84. The van der Waals surface area contributed by atoms with E-state index in [1.54, 1.807) is 6.07 Å². The molecule has 2 N–H and O–H groups in total. The molecule has 132 valence electrons. The molecule has 0 radical (unpaired) electrons. The van der Waals surface area contributed by atoms with Crippen molar-refractivity contribution in [2.45, 2.75) is 45.6 Å². The van der Waals surface area contributed by atoms with Gasteiger partial charge in [-0.3, -0.25) is 4.79 Å². The topological polar surface area (TPSA) is 76.1 Å². The van der Waals surface area contributed by atoms with E-state index in [0.717, 1.165) is 24.3 Å². The van der Waals surface area contributed by atoms with Gasteiger partial charge in [0.1, 0.15) is 11.4 Å². The van der Waals surface area contributed by atoms with Gasteiger partial charge in [-0.2, -0.15) is 0 Å². The number of amides is 1. The van der Waals surface area contributed by atoms with Gasteiger partial charge in [0.2, 0.25) is 5.95 Å². The Morgan fingerprint density at radius 3 is 2.60 bits per heavy atom. The van der Waals surface area contributed by atoms with E-state index >= 15 is 0 Å². The van der Waals surface area contributed by atoms with Gasteiger partial charge in [-0.25, -0.2) is 9.97 Å². The number of nitrogens with zero attached hydrogens (tertiary/aromatic N) is 2. The Bertz CT molecular complexity index is 725. The van der Waals surface area contributed by atoms with E-state index < -0.39 is 0 Å². The number of nitrogens with one attached hydrogen (secondary N) is 2. The molecule has 6 nitrogen and oxygen atoms in total. The fourth-order valence-corrected chi connectivity index (χ4v) is 3.00. The molecule has 1 heterocycles. The molecule has 1 aliphatic carbocycles. The van der Waals surface area contributed by atoms with Crippen LogP contribution < -0.4 is 15.4 Å². The van der Waals surface area contributed by atoms with Gasteiger partial charge in [-0.1, -0.05) is 12.8 Å². The second-order valence-corrected chi connectivity index (χ2v) is 6.26. The van der Waals surface area contributed by atoms with Gasteiger partial charge in [0, 0.05) is 17.4 Å². The first-order chi connectivity index (χ1) is 12.1. The van der Waals surface area contributed by atoms with E-state index in [1.165, 1.54) is 12.8 Å². The van der Waals surface area contributed by atoms with Crippen molar-refractivity contribution >= 4 is 17.5 Å². The summed E-state index contributed by atoms with van der Waals surface area (Å²) >= 11 is 0. The first-order valence-electron chi connectivity index (χ1n) is 8.80. The molecule has 6 heteroatoms. The standard InChI is InChI=1S/C19H24N4O2/c1-3-25-16-10-8-15(9-11-16)21-18(24)17-12-13(2)20-19(23-17)22-14-6-4-5-7-14/h8-12,14H,3-7H2,1-2H3,(H,21,24)(H,20,22,23). The Morgan fingerprint density at radius 2 is 1.92 bits per heavy atom. The van der Waals surface area contributed by atoms with Gasteiger partial charge in [0.25, 0.3) is 5.91 Å². The van der Waals surface area contributed by atoms with Gasteiger partial charge in [0.15, 0.2) is 0 Å². The van der Waals surface area contributed by atoms with Crippen molar-refractivity contribution in [1.82, 2.24) is 9.97 Å². The molecule has 0 saturated heterocycles. The third-order valence-electron chi connectivity index (χ3n) is 4.20. The number of aromatic nitrogens is 2. The molecule has 1 aromatic heterocycles. The molecular formula is C19H24N4O2. The van der Waals surface area contributed by atoms with Crippen LogP contribution in [0.3, 0.4) is 0 Å². The molecule has 25 heavy (non-hydrogen) atoms. The SMILES string of the molecule is CCOc1ccc(NC(=O)c2cc(C)nc(NC3CCCC3)n2)cc1. The minimum Gasteiger partial charge on any atom is -0.494 e. The van der Waals surface area contributed by atoms with E-state index in [2.05, 4.69) is 20.6 Å². The van der Waals surface area contributed by atoms with Crippen LogP contribution in [0.2, 0.25) is 0 Å². The van der Waals surface area contributed by atoms with Crippen LogP contribution in [0.5, 0.6) is 5.75 Å². The summed E-state index contributed by atoms with van der Waals surface area (Å²) in [6.45, 7) is 4.42. The van der Waals surface area contributed by atoms with Crippen LogP contribution in [-0.4, -0.2) is 28.5 Å². The van der Waals surface area contributed by atoms with Gasteiger partial charge in [-0.15, -0.1) is 0 Å². The maximum Gasteiger partial charge on any atom is 0.274 e. The number of hydrogen-bond acceptors (Lipinski definition) is 5. The molecule has 0 atom stereocenters. The Hall–Kier alpha value is -2.63. The van der Waals surface area contributed by atoms with Crippen molar-refractivity contribution in [3.63, 3.8) is 0 Å². The summed E-state index contributed by atoms with van der Waals surface area (Å²) < 4.78 is 5.40. The maximum absolute atomic E-state index is 12.5. The number of ether oxygens (including phenoxy) is 1. The highest BCUT2D eigenvalue weighted by Gasteiger charge is 2.17. The van der Waals surface area contributed by atoms with E-state index in [1.807, 2.05) is 38.1 Å². The Labute approximate surface area is 148 Å². The fourth-order valence-electron chi connectivity index (χ4n) is 3.00. The number of hydrogen-bond donors (Lipinski definition) is 2. The maximum atomic E-state index is 12.5. The molecule has 0 aliphatic heterocycles. The van der Waals surface area contributed by atoms with Crippen molar-refractivity contribution in [3.05, 3.63) is 41.7 Å². The van der Waals surface area contributed by atoms with E-state index in [4.69, 9.17) is 4.74 Å². The molecule has 0 unspecified atom stereocenters. The highest BCUT2D eigenvalue weighted by molar-refractivity contribution is 6.03. The molecule has 2 aromatic rings. The zero-order chi connectivity index (χ0) is 17.6. The summed E-state index contributed by atoms with van der Waals surface area (Å²) in [7, 11) is 0. The second kappa shape index (κ2) is 7.96. The van der Waals surface area contributed by atoms with Gasteiger partial charge in [0.05, 0.1) is 6.61 Å². The number of anilines is 2. The quantitative estimate of drug-likeness (QED) is 0.837. The van der Waals surface area contributed by atoms with Crippen LogP contribution >= 0.6 is 0 Å². The Kier molecular flexibility index (Phi) is 5.48. The van der Waals surface area contributed by atoms with Crippen LogP contribution in [-0.2, 0) is 0 Å². The number of carbonyl (C=O) groups is 1. The summed E-state index contributed by atoms with van der Waals surface area (Å²) in [6.07, 6.45) is 4.72. The second-order valence-electron chi connectivity index (χ2n) is 6.26. The van der Waals surface area contributed by atoms with Gasteiger partial charge < -0.3 is 15.4 Å². The minimum absolute atomic E-state index is 0.246. The average Bonchev–Trinajstić information content (AvgIpc) is 3.09. The molecule has 3 rings (SSSR count). The highest BCUT2D eigenvalue weighted by atomic mass is 16.5. The summed E-state index contributed by atoms with van der Waals surface area (Å²) in [6, 6.07) is 9.39. The third-order valence-corrected chi connectivity index (χ3v) is 4.20. The third kappa shape index (κ3) is 4.68. The minimum atomic E-state index is -0.246. The summed E-state index contributed by atoms with van der Waals surface area (Å²) in [5, 5.41) is 6.21. The largest absolute Gasteiger partial charge is 0.494 e. The molecule has 1 saturated carbocycles. The molecular weight excluding hydrogens is 316 g/mol. The monoisotopic (exact) mass is 340 g/mol. The van der Waals surface area contributed by atoms with Crippen molar-refractivity contribution in [2.75, 3.05) is 17.2 Å². The number of benzene rings is 1. The summed E-state index contributed by atoms with van der Waals surface area (Å²) in [5.74, 6) is 1.06. The van der Waals surface area contributed by atoms with Crippen LogP contribution in [0.4, 0.5) is 11.6 Å². The van der Waals surface area contributed by atoms with Crippen LogP contribution in [0, 0.1) is 6.92 Å². The van der Waals surface area contributed by atoms with Crippen LogP contribution in [0.15, 0.2) is 30.3 Å². The van der Waals surface area contributed by atoms with Gasteiger partial charge >= 0.3 is 0 Å². The lowest BCUT2D eigenvalue weighted by Gasteiger charge is -2.13. The van der Waals surface area contributed by atoms with Crippen molar-refractivity contribution in [2.24, 2.45) is 0 Å². The molecule has 1 amide bonds. The van der Waals surface area contributed by atoms with Crippen molar-refractivity contribution in [3.8, 4) is 5.75 Å². The Morgan fingerprint density at radius 1 is 1.20 bits per heavy atom. The number of rotatable bonds is 6. The Balaban J connectivity index is 1.69. The molecule has 1 fully saturated rings. The predicted molar refractivity (Wildman–Crippen MR) is 98.2 cm³/mol. The lowest BCUT2D eigenvalue weighted by atomic mass is 10.2. The highest BCUT2D eigenvalue weighted by Crippen LogP contribution is 2.21. The summed E-state index contributed by atoms with van der Waals surface area (Å²) in [4.78, 5) is 21.3. The fraction of sp³-hybridized carbons (Fsp3) is 0.421. The number of aryl methyl sites for hydroxylation is 1. The lowest BCUT2D eigenvalue weighted by molar-refractivity contribution is 0.102. The molecule has 1 aliphatic rings. The first-order valence-corrected chi connectivity index (χ1v) is 8.80. The van der Waals surface area contributed by atoms with Gasteiger partial charge in [-0.05, 0) is 57.0 Å². The van der Waals surface area contributed by atoms with E-state index in [9.17, 15) is 4.79 Å². The van der Waals surface area contributed by atoms with E-state index in [0.29, 0.717) is 30.0 Å². The van der Waals surface area contributed by atoms with Crippen LogP contribution in [0.1, 0.15) is 48.8 Å². The average molecular weight is 340 g/mol. The van der Waals surface area contributed by atoms with Crippen molar-refractivity contribution < 1.29 is 9.53 Å². The van der Waals surface area contributed by atoms with Crippen molar-refractivity contribution in [1.29, 1.82) is 0 Å². The zero-order valence-electron chi connectivity index (χ0n) is 14.7.